The number of phenolic OH excluding ortho intramolecular Hbond substituents is 1. The lowest BCUT2D eigenvalue weighted by Crippen LogP contribution is -2.43. The van der Waals surface area contributed by atoms with E-state index in [4.69, 9.17) is 38.4 Å². The van der Waals surface area contributed by atoms with E-state index < -0.39 is 23.7 Å². The van der Waals surface area contributed by atoms with Gasteiger partial charge in [0.1, 0.15) is 11.1 Å². The van der Waals surface area contributed by atoms with E-state index >= 15 is 0 Å². The Morgan fingerprint density at radius 2 is 1.82 bits per heavy atom. The van der Waals surface area contributed by atoms with Gasteiger partial charge in [-0.15, -0.1) is 0 Å². The van der Waals surface area contributed by atoms with Crippen LogP contribution in [0.2, 0.25) is 10.0 Å². The average Bonchev–Trinajstić information content (AvgIpc) is 2.80. The third-order valence-corrected chi connectivity index (χ3v) is 5.53. The van der Waals surface area contributed by atoms with Crippen molar-refractivity contribution in [1.82, 2.24) is 5.32 Å². The topological polar surface area (TPSA) is 111 Å². The van der Waals surface area contributed by atoms with Gasteiger partial charge in [0.25, 0.3) is 5.91 Å². The maximum absolute atomic E-state index is 12.9. The Morgan fingerprint density at radius 3 is 2.48 bits per heavy atom. The molecule has 0 aliphatic rings. The van der Waals surface area contributed by atoms with Crippen molar-refractivity contribution in [3.05, 3.63) is 57.6 Å². The fourth-order valence-electron chi connectivity index (χ4n) is 3.19. The van der Waals surface area contributed by atoms with Gasteiger partial charge in [-0.1, -0.05) is 66.4 Å². The van der Waals surface area contributed by atoms with Gasteiger partial charge in [0.05, 0.1) is 23.8 Å². The SMILES string of the molecule is CCOC(=O)[C@@H](Cc1ccccc1)NC(=O)c1cc(Cl)c(OCCCCCCN)c(Cl)c1O. The van der Waals surface area contributed by atoms with Crippen molar-refractivity contribution in [2.24, 2.45) is 5.73 Å². The first-order chi connectivity index (χ1) is 15.9. The molecule has 1 amide bonds. The number of phenols is 1. The first-order valence-electron chi connectivity index (χ1n) is 10.9. The minimum atomic E-state index is -0.957. The number of hydrogen-bond acceptors (Lipinski definition) is 6. The van der Waals surface area contributed by atoms with Crippen molar-refractivity contribution in [2.75, 3.05) is 19.8 Å². The Morgan fingerprint density at radius 1 is 1.12 bits per heavy atom. The molecule has 180 valence electrons. The van der Waals surface area contributed by atoms with Crippen LogP contribution in [-0.2, 0) is 16.0 Å². The van der Waals surface area contributed by atoms with Crippen LogP contribution in [0.1, 0.15) is 48.5 Å². The summed E-state index contributed by atoms with van der Waals surface area (Å²) in [5.41, 5.74) is 6.15. The minimum Gasteiger partial charge on any atom is -0.505 e. The summed E-state index contributed by atoms with van der Waals surface area (Å²) in [5.74, 6) is -1.66. The highest BCUT2D eigenvalue weighted by Gasteiger charge is 2.27. The largest absolute Gasteiger partial charge is 0.505 e. The van der Waals surface area contributed by atoms with Crippen LogP contribution < -0.4 is 15.8 Å². The van der Waals surface area contributed by atoms with E-state index in [1.54, 1.807) is 6.92 Å². The first kappa shape index (κ1) is 26.8. The molecule has 2 rings (SSSR count). The molecule has 0 radical (unpaired) electrons. The van der Waals surface area contributed by atoms with Crippen molar-refractivity contribution >= 4 is 35.1 Å². The second-order valence-electron chi connectivity index (χ2n) is 7.42. The van der Waals surface area contributed by atoms with Crippen LogP contribution >= 0.6 is 23.2 Å². The van der Waals surface area contributed by atoms with E-state index in [0.717, 1.165) is 31.2 Å². The Hall–Kier alpha value is -2.48. The molecule has 33 heavy (non-hydrogen) atoms. The van der Waals surface area contributed by atoms with Crippen molar-refractivity contribution < 1.29 is 24.2 Å². The summed E-state index contributed by atoms with van der Waals surface area (Å²) in [7, 11) is 0. The lowest BCUT2D eigenvalue weighted by atomic mass is 10.1. The van der Waals surface area contributed by atoms with Crippen LogP contribution in [0.5, 0.6) is 11.5 Å². The predicted octanol–water partition coefficient (Wildman–Crippen LogP) is 4.50. The molecule has 0 unspecified atom stereocenters. The highest BCUT2D eigenvalue weighted by atomic mass is 35.5. The normalized spacial score (nSPS) is 11.6. The smallest absolute Gasteiger partial charge is 0.328 e. The molecule has 2 aromatic carbocycles. The average molecular weight is 497 g/mol. The summed E-state index contributed by atoms with van der Waals surface area (Å²) in [6.45, 7) is 2.86. The molecule has 0 saturated carbocycles. The molecule has 0 aliphatic heterocycles. The van der Waals surface area contributed by atoms with Crippen LogP contribution in [-0.4, -0.2) is 42.8 Å². The van der Waals surface area contributed by atoms with Gasteiger partial charge in [0.15, 0.2) is 11.5 Å². The van der Waals surface area contributed by atoms with E-state index in [0.29, 0.717) is 13.2 Å². The minimum absolute atomic E-state index is 0.0839. The van der Waals surface area contributed by atoms with Crippen LogP contribution in [0, 0.1) is 0 Å². The number of carbonyl (C=O) groups is 2. The molecule has 7 nitrogen and oxygen atoms in total. The number of benzene rings is 2. The van der Waals surface area contributed by atoms with Gasteiger partial charge in [0, 0.05) is 6.42 Å². The fraction of sp³-hybridized carbons (Fsp3) is 0.417. The number of ether oxygens (including phenoxy) is 2. The maximum Gasteiger partial charge on any atom is 0.328 e. The molecular formula is C24H30Cl2N2O5. The van der Waals surface area contributed by atoms with Gasteiger partial charge in [-0.3, -0.25) is 4.79 Å². The quantitative estimate of drug-likeness (QED) is 0.278. The number of hydrogen-bond donors (Lipinski definition) is 3. The number of rotatable bonds is 13. The Bertz CT molecular complexity index is 925. The van der Waals surface area contributed by atoms with Crippen molar-refractivity contribution in [2.45, 2.75) is 45.1 Å². The first-order valence-corrected chi connectivity index (χ1v) is 11.7. The van der Waals surface area contributed by atoms with Gasteiger partial charge in [-0.25, -0.2) is 4.79 Å². The second kappa shape index (κ2) is 13.9. The molecule has 0 saturated heterocycles. The second-order valence-corrected chi connectivity index (χ2v) is 8.20. The van der Waals surface area contributed by atoms with E-state index in [-0.39, 0.29) is 34.4 Å². The van der Waals surface area contributed by atoms with Gasteiger partial charge in [0.2, 0.25) is 0 Å². The summed E-state index contributed by atoms with van der Waals surface area (Å²) in [4.78, 5) is 25.3. The maximum atomic E-state index is 12.9. The van der Waals surface area contributed by atoms with Crippen molar-refractivity contribution in [3.63, 3.8) is 0 Å². The molecule has 2 aromatic rings. The highest BCUT2D eigenvalue weighted by Crippen LogP contribution is 2.42. The standard InChI is InChI=1S/C24H30Cl2N2O5/c1-2-32-24(31)19(14-16-10-6-5-7-11-16)28-23(30)17-15-18(25)22(20(26)21(17)29)33-13-9-4-3-8-12-27/h5-7,10-11,15,19,29H,2-4,8-9,12-14,27H2,1H3,(H,28,30)/t19-/m1/s1. The van der Waals surface area contributed by atoms with E-state index in [2.05, 4.69) is 5.32 Å². The zero-order valence-corrected chi connectivity index (χ0v) is 20.1. The number of halogens is 2. The summed E-state index contributed by atoms with van der Waals surface area (Å²) in [6.07, 6.45) is 3.88. The summed E-state index contributed by atoms with van der Waals surface area (Å²) >= 11 is 12.5. The Labute approximate surface area is 204 Å². The number of esters is 1. The summed E-state index contributed by atoms with van der Waals surface area (Å²) in [6, 6.07) is 9.52. The third-order valence-electron chi connectivity index (χ3n) is 4.90. The van der Waals surface area contributed by atoms with E-state index in [1.165, 1.54) is 6.07 Å². The Balaban J connectivity index is 2.13. The number of amides is 1. The zero-order valence-electron chi connectivity index (χ0n) is 18.6. The van der Waals surface area contributed by atoms with Gasteiger partial charge >= 0.3 is 5.97 Å². The van der Waals surface area contributed by atoms with Crippen LogP contribution in [0.3, 0.4) is 0 Å². The zero-order chi connectivity index (χ0) is 24.2. The molecule has 9 heteroatoms. The third kappa shape index (κ3) is 8.11. The van der Waals surface area contributed by atoms with Gasteiger partial charge < -0.3 is 25.6 Å². The number of nitrogens with two attached hydrogens (primary N) is 1. The summed E-state index contributed by atoms with van der Waals surface area (Å²) < 4.78 is 10.7. The van der Waals surface area contributed by atoms with Crippen molar-refractivity contribution in [3.8, 4) is 11.5 Å². The number of unbranched alkanes of at least 4 members (excludes halogenated alkanes) is 3. The van der Waals surface area contributed by atoms with Crippen LogP contribution in [0.4, 0.5) is 0 Å². The fourth-order valence-corrected chi connectivity index (χ4v) is 3.76. The molecular weight excluding hydrogens is 467 g/mol. The number of nitrogens with one attached hydrogen (secondary N) is 1. The van der Waals surface area contributed by atoms with Gasteiger partial charge in [-0.2, -0.15) is 0 Å². The van der Waals surface area contributed by atoms with Crippen LogP contribution in [0.25, 0.3) is 0 Å². The predicted molar refractivity (Wildman–Crippen MR) is 129 cm³/mol. The molecule has 0 spiro atoms. The Kier molecular flexibility index (Phi) is 11.3. The molecule has 4 N–H and O–H groups in total. The number of aromatic hydroxyl groups is 1. The lowest BCUT2D eigenvalue weighted by Gasteiger charge is -2.19. The lowest BCUT2D eigenvalue weighted by molar-refractivity contribution is -0.145. The molecule has 1 atom stereocenters. The van der Waals surface area contributed by atoms with Crippen molar-refractivity contribution in [1.29, 1.82) is 0 Å². The van der Waals surface area contributed by atoms with Crippen LogP contribution in [0.15, 0.2) is 36.4 Å². The highest BCUT2D eigenvalue weighted by molar-refractivity contribution is 6.39. The molecule has 0 fully saturated rings. The number of carbonyl (C=O) groups excluding carboxylic acids is 2. The van der Waals surface area contributed by atoms with Gasteiger partial charge in [-0.05, 0) is 37.9 Å². The molecule has 0 aromatic heterocycles. The van der Waals surface area contributed by atoms with E-state index in [1.807, 2.05) is 30.3 Å². The molecule has 0 bridgehead atoms. The summed E-state index contributed by atoms with van der Waals surface area (Å²) in [5, 5.41) is 13.1. The monoisotopic (exact) mass is 496 g/mol. The van der Waals surface area contributed by atoms with E-state index in [9.17, 15) is 14.7 Å². The molecule has 0 aliphatic carbocycles. The molecule has 0 heterocycles.